The number of carbonyl (C=O) groups excluding carboxylic acids is 1. The van der Waals surface area contributed by atoms with Crippen LogP contribution in [-0.2, 0) is 14.3 Å². The van der Waals surface area contributed by atoms with E-state index in [-0.39, 0.29) is 5.75 Å². The maximum absolute atomic E-state index is 11.9. The fourth-order valence-electron chi connectivity index (χ4n) is 2.30. The molecule has 0 aliphatic carbocycles. The van der Waals surface area contributed by atoms with Crippen LogP contribution in [0, 0.1) is 0 Å². The summed E-state index contributed by atoms with van der Waals surface area (Å²) in [6.45, 7) is 1.48. The molecule has 1 aromatic carbocycles. The molecule has 0 spiro atoms. The highest BCUT2D eigenvalue weighted by atomic mass is 16.6. The number of phenols is 1. The topological polar surface area (TPSA) is 126 Å². The number of aliphatic hydroxyl groups excluding tert-OH is 3. The highest BCUT2D eigenvalue weighted by Crippen LogP contribution is 2.27. The van der Waals surface area contributed by atoms with Gasteiger partial charge in [-0.3, -0.25) is 0 Å². The van der Waals surface area contributed by atoms with E-state index in [0.717, 1.165) is 6.08 Å². The average molecular weight is 340 g/mol. The minimum absolute atomic E-state index is 0.0831. The Morgan fingerprint density at radius 3 is 2.58 bits per heavy atom. The average Bonchev–Trinajstić information content (AvgIpc) is 2.55. The molecule has 5 atom stereocenters. The largest absolute Gasteiger partial charge is 0.504 e. The molecule has 0 radical (unpaired) electrons. The molecule has 24 heavy (non-hydrogen) atoms. The van der Waals surface area contributed by atoms with Gasteiger partial charge in [0.2, 0.25) is 0 Å². The molecular formula is C16H20O8. The highest BCUT2D eigenvalue weighted by molar-refractivity contribution is 5.87. The van der Waals surface area contributed by atoms with Gasteiger partial charge in [-0.05, 0) is 30.7 Å². The number of methoxy groups -OCH3 is 1. The smallest absolute Gasteiger partial charge is 0.331 e. The first-order valence-electron chi connectivity index (χ1n) is 7.29. The minimum atomic E-state index is -1.56. The maximum Gasteiger partial charge on any atom is 0.331 e. The van der Waals surface area contributed by atoms with Crippen molar-refractivity contribution >= 4 is 12.0 Å². The van der Waals surface area contributed by atoms with Crippen molar-refractivity contribution in [2.24, 2.45) is 0 Å². The molecule has 0 saturated carbocycles. The molecule has 1 aliphatic heterocycles. The predicted octanol–water partition coefficient (Wildman–Crippen LogP) is -0.215. The molecule has 0 bridgehead atoms. The number of rotatable bonds is 4. The molecule has 1 aliphatic rings. The molecule has 0 unspecified atom stereocenters. The number of benzene rings is 1. The van der Waals surface area contributed by atoms with Gasteiger partial charge in [0.05, 0.1) is 13.2 Å². The molecule has 1 fully saturated rings. The highest BCUT2D eigenvalue weighted by Gasteiger charge is 2.44. The van der Waals surface area contributed by atoms with Crippen molar-refractivity contribution in [2.45, 2.75) is 37.6 Å². The van der Waals surface area contributed by atoms with Gasteiger partial charge in [-0.2, -0.15) is 0 Å². The zero-order valence-corrected chi connectivity index (χ0v) is 13.2. The second-order valence-electron chi connectivity index (χ2n) is 5.38. The first-order chi connectivity index (χ1) is 11.3. The van der Waals surface area contributed by atoms with Gasteiger partial charge in [0.15, 0.2) is 23.9 Å². The van der Waals surface area contributed by atoms with Crippen molar-refractivity contribution in [3.8, 4) is 11.5 Å². The van der Waals surface area contributed by atoms with Crippen molar-refractivity contribution in [1.82, 2.24) is 0 Å². The lowest BCUT2D eigenvalue weighted by molar-refractivity contribution is -0.280. The molecule has 2 rings (SSSR count). The molecule has 4 N–H and O–H groups in total. The minimum Gasteiger partial charge on any atom is -0.504 e. The Bertz CT molecular complexity index is 600. The Morgan fingerprint density at radius 1 is 1.25 bits per heavy atom. The van der Waals surface area contributed by atoms with Crippen molar-refractivity contribution in [2.75, 3.05) is 7.11 Å². The van der Waals surface area contributed by atoms with E-state index in [0.29, 0.717) is 11.3 Å². The van der Waals surface area contributed by atoms with Gasteiger partial charge in [-0.25, -0.2) is 4.79 Å². The van der Waals surface area contributed by atoms with E-state index in [1.165, 1.54) is 32.2 Å². The van der Waals surface area contributed by atoms with Crippen LogP contribution in [0.2, 0.25) is 0 Å². The first-order valence-corrected chi connectivity index (χ1v) is 7.29. The number of hydrogen-bond acceptors (Lipinski definition) is 8. The zero-order chi connectivity index (χ0) is 17.9. The SMILES string of the molecule is COc1ccc(/C=C/C(=O)O[C@@H]2[C@@H](O)[C@H](C)O[C@H](O)[C@@H]2O)cc1O. The van der Waals surface area contributed by atoms with E-state index in [9.17, 15) is 25.2 Å². The van der Waals surface area contributed by atoms with Crippen LogP contribution in [0.1, 0.15) is 12.5 Å². The summed E-state index contributed by atoms with van der Waals surface area (Å²) >= 11 is 0. The second kappa shape index (κ2) is 7.63. The standard InChI is InChI=1S/C16H20O8/c1-8-13(19)15(14(20)16(21)23-8)24-12(18)6-4-9-3-5-11(22-2)10(17)7-9/h3-8,13-17,19-21H,1-2H3/b6-4+/t8-,13-,14+,15+,16-/m0/s1. The van der Waals surface area contributed by atoms with Crippen molar-refractivity contribution in [3.63, 3.8) is 0 Å². The number of esters is 1. The summed E-state index contributed by atoms with van der Waals surface area (Å²) in [5.74, 6) is -0.610. The number of phenolic OH excluding ortho intramolecular Hbond substituents is 1. The van der Waals surface area contributed by atoms with Crippen molar-refractivity contribution in [1.29, 1.82) is 0 Å². The van der Waals surface area contributed by atoms with Crippen LogP contribution in [0.4, 0.5) is 0 Å². The van der Waals surface area contributed by atoms with Crippen LogP contribution in [0.15, 0.2) is 24.3 Å². The third kappa shape index (κ3) is 4.04. The van der Waals surface area contributed by atoms with E-state index < -0.39 is 36.7 Å². The summed E-state index contributed by atoms with van der Waals surface area (Å²) in [4.78, 5) is 11.9. The third-order valence-corrected chi connectivity index (χ3v) is 3.67. The number of carbonyl (C=O) groups is 1. The number of aromatic hydroxyl groups is 1. The normalized spacial score (nSPS) is 30.3. The summed E-state index contributed by atoms with van der Waals surface area (Å²) in [6, 6.07) is 4.54. The van der Waals surface area contributed by atoms with Gasteiger partial charge in [-0.15, -0.1) is 0 Å². The van der Waals surface area contributed by atoms with Crippen molar-refractivity contribution in [3.05, 3.63) is 29.8 Å². The van der Waals surface area contributed by atoms with E-state index in [1.54, 1.807) is 6.07 Å². The Labute approximate surface area is 138 Å². The van der Waals surface area contributed by atoms with Crippen LogP contribution < -0.4 is 4.74 Å². The fraction of sp³-hybridized carbons (Fsp3) is 0.438. The zero-order valence-electron chi connectivity index (χ0n) is 13.2. The van der Waals surface area contributed by atoms with Crippen LogP contribution in [0.25, 0.3) is 6.08 Å². The Kier molecular flexibility index (Phi) is 5.79. The van der Waals surface area contributed by atoms with Gasteiger partial charge in [0.1, 0.15) is 12.2 Å². The molecule has 132 valence electrons. The van der Waals surface area contributed by atoms with E-state index in [4.69, 9.17) is 14.2 Å². The molecule has 0 amide bonds. The quantitative estimate of drug-likeness (QED) is 0.438. The van der Waals surface area contributed by atoms with Gasteiger partial charge in [0.25, 0.3) is 0 Å². The molecule has 1 heterocycles. The van der Waals surface area contributed by atoms with Crippen molar-refractivity contribution < 1.29 is 39.4 Å². The summed E-state index contributed by atoms with van der Waals surface area (Å²) < 4.78 is 14.8. The Balaban J connectivity index is 2.03. The molecular weight excluding hydrogens is 320 g/mol. The molecule has 1 saturated heterocycles. The maximum atomic E-state index is 11.9. The Hall–Kier alpha value is -2.13. The lowest BCUT2D eigenvalue weighted by Gasteiger charge is -2.38. The van der Waals surface area contributed by atoms with Gasteiger partial charge < -0.3 is 34.6 Å². The predicted molar refractivity (Wildman–Crippen MR) is 82.1 cm³/mol. The molecule has 8 heteroatoms. The van der Waals surface area contributed by atoms with Gasteiger partial charge in [0, 0.05) is 6.08 Å². The summed E-state index contributed by atoms with van der Waals surface area (Å²) in [7, 11) is 1.42. The van der Waals surface area contributed by atoms with E-state index in [2.05, 4.69) is 0 Å². The van der Waals surface area contributed by atoms with Crippen LogP contribution in [0.3, 0.4) is 0 Å². The van der Waals surface area contributed by atoms with Crippen LogP contribution >= 0.6 is 0 Å². The summed E-state index contributed by atoms with van der Waals surface area (Å²) in [5.41, 5.74) is 0.520. The van der Waals surface area contributed by atoms with Crippen LogP contribution in [-0.4, -0.2) is 64.2 Å². The lowest BCUT2D eigenvalue weighted by atomic mass is 10.00. The monoisotopic (exact) mass is 340 g/mol. The summed E-state index contributed by atoms with van der Waals surface area (Å²) in [6.07, 6.45) is -4.03. The molecule has 1 aromatic rings. The summed E-state index contributed by atoms with van der Waals surface area (Å²) in [5, 5.41) is 38.8. The van der Waals surface area contributed by atoms with E-state index in [1.807, 2.05) is 0 Å². The number of hydrogen-bond donors (Lipinski definition) is 4. The lowest BCUT2D eigenvalue weighted by Crippen LogP contribution is -2.58. The van der Waals surface area contributed by atoms with E-state index >= 15 is 0 Å². The van der Waals surface area contributed by atoms with Gasteiger partial charge >= 0.3 is 5.97 Å². The fourth-order valence-corrected chi connectivity index (χ4v) is 2.30. The molecule has 0 aromatic heterocycles. The second-order valence-corrected chi connectivity index (χ2v) is 5.38. The molecule has 8 nitrogen and oxygen atoms in total. The Morgan fingerprint density at radius 2 is 1.96 bits per heavy atom. The number of aliphatic hydroxyl groups is 3. The number of ether oxygens (including phenoxy) is 3. The van der Waals surface area contributed by atoms with Crippen LogP contribution in [0.5, 0.6) is 11.5 Å². The third-order valence-electron chi connectivity index (χ3n) is 3.67. The van der Waals surface area contributed by atoms with Gasteiger partial charge in [-0.1, -0.05) is 6.07 Å². The first kappa shape index (κ1) is 18.2.